The minimum absolute atomic E-state index is 0.0700. The van der Waals surface area contributed by atoms with Gasteiger partial charge < -0.3 is 5.73 Å². The molecule has 0 unspecified atom stereocenters. The molecule has 2 N–H and O–H groups in total. The van der Waals surface area contributed by atoms with Gasteiger partial charge in [-0.2, -0.15) is 0 Å². The zero-order chi connectivity index (χ0) is 14.7. The summed E-state index contributed by atoms with van der Waals surface area (Å²) in [5, 5.41) is 0. The van der Waals surface area contributed by atoms with Crippen LogP contribution in [0.3, 0.4) is 0 Å². The summed E-state index contributed by atoms with van der Waals surface area (Å²) in [5.41, 5.74) is 8.22. The highest BCUT2D eigenvalue weighted by Crippen LogP contribution is 2.27. The average Bonchev–Trinajstić information content (AvgIpc) is 2.74. The Bertz CT molecular complexity index is 621. The molecule has 4 nitrogen and oxygen atoms in total. The molecule has 2 aromatic rings. The van der Waals surface area contributed by atoms with Crippen LogP contribution in [0.4, 0.5) is 5.69 Å². The van der Waals surface area contributed by atoms with E-state index in [2.05, 4.69) is 13.8 Å². The number of nitrogens with two attached hydrogens (primary N) is 1. The van der Waals surface area contributed by atoms with E-state index >= 15 is 0 Å². The fourth-order valence-electron chi connectivity index (χ4n) is 2.79. The summed E-state index contributed by atoms with van der Waals surface area (Å²) in [6, 6.07) is 10.1. The van der Waals surface area contributed by atoms with E-state index in [9.17, 15) is 4.79 Å². The quantitative estimate of drug-likeness (QED) is 0.909. The number of nitrogens with zero attached hydrogens (tertiary/aromatic N) is 2. The van der Waals surface area contributed by atoms with Gasteiger partial charge in [-0.05, 0) is 19.8 Å². The Morgan fingerprint density at radius 3 is 2.20 bits per heavy atom. The van der Waals surface area contributed by atoms with Gasteiger partial charge in [-0.25, -0.2) is 4.68 Å². The number of anilines is 1. The number of aromatic nitrogens is 2. The van der Waals surface area contributed by atoms with Gasteiger partial charge in [0.25, 0.3) is 5.56 Å². The molecule has 4 heteroatoms. The summed E-state index contributed by atoms with van der Waals surface area (Å²) >= 11 is 0. The lowest BCUT2D eigenvalue weighted by Gasteiger charge is -2.20. The van der Waals surface area contributed by atoms with Gasteiger partial charge in [0.15, 0.2) is 0 Å². The van der Waals surface area contributed by atoms with Crippen LogP contribution in [0.2, 0.25) is 0 Å². The maximum Gasteiger partial charge on any atom is 0.290 e. The van der Waals surface area contributed by atoms with E-state index in [1.54, 1.807) is 0 Å². The van der Waals surface area contributed by atoms with E-state index in [-0.39, 0.29) is 11.6 Å². The molecule has 1 aromatic heterocycles. The van der Waals surface area contributed by atoms with E-state index in [1.165, 1.54) is 0 Å². The third-order valence-electron chi connectivity index (χ3n) is 3.85. The smallest absolute Gasteiger partial charge is 0.290 e. The molecule has 0 radical (unpaired) electrons. The minimum Gasteiger partial charge on any atom is -0.392 e. The van der Waals surface area contributed by atoms with Crippen LogP contribution in [0.5, 0.6) is 0 Å². The SMILES string of the molecule is CCC(CC)n1c(=O)c(N)c(-c2ccccc2)n1CC. The second kappa shape index (κ2) is 5.99. The molecule has 0 aliphatic carbocycles. The van der Waals surface area contributed by atoms with Crippen LogP contribution < -0.4 is 11.3 Å². The van der Waals surface area contributed by atoms with E-state index in [0.717, 1.165) is 30.6 Å². The first kappa shape index (κ1) is 14.4. The molecule has 0 saturated carbocycles. The summed E-state index contributed by atoms with van der Waals surface area (Å²) in [4.78, 5) is 12.5. The highest BCUT2D eigenvalue weighted by Gasteiger charge is 2.21. The van der Waals surface area contributed by atoms with Crippen molar-refractivity contribution in [2.24, 2.45) is 0 Å². The Morgan fingerprint density at radius 1 is 1.10 bits per heavy atom. The van der Waals surface area contributed by atoms with Crippen LogP contribution in [-0.2, 0) is 6.54 Å². The lowest BCUT2D eigenvalue weighted by molar-refractivity contribution is 0.352. The van der Waals surface area contributed by atoms with Gasteiger partial charge in [-0.3, -0.25) is 9.48 Å². The maximum atomic E-state index is 12.5. The normalized spacial score (nSPS) is 11.2. The second-order valence-electron chi connectivity index (χ2n) is 4.96. The molecule has 0 bridgehead atoms. The Kier molecular flexibility index (Phi) is 4.32. The van der Waals surface area contributed by atoms with E-state index in [0.29, 0.717) is 5.69 Å². The molecule has 0 amide bonds. The van der Waals surface area contributed by atoms with Gasteiger partial charge in [0.1, 0.15) is 5.69 Å². The molecular weight excluding hydrogens is 250 g/mol. The Morgan fingerprint density at radius 2 is 1.70 bits per heavy atom. The third kappa shape index (κ3) is 2.26. The number of benzene rings is 1. The van der Waals surface area contributed by atoms with E-state index in [4.69, 9.17) is 5.73 Å². The van der Waals surface area contributed by atoms with Gasteiger partial charge in [-0.1, -0.05) is 44.2 Å². The Hall–Kier alpha value is -1.97. The number of rotatable bonds is 5. The first-order chi connectivity index (χ1) is 9.65. The molecule has 2 rings (SSSR count). The van der Waals surface area contributed by atoms with Crippen molar-refractivity contribution in [3.63, 3.8) is 0 Å². The lowest BCUT2D eigenvalue weighted by atomic mass is 10.1. The average molecular weight is 273 g/mol. The Balaban J connectivity index is 2.71. The minimum atomic E-state index is -0.0700. The summed E-state index contributed by atoms with van der Waals surface area (Å²) < 4.78 is 3.85. The molecule has 1 heterocycles. The van der Waals surface area contributed by atoms with Crippen LogP contribution in [0.15, 0.2) is 35.1 Å². The van der Waals surface area contributed by atoms with Crippen molar-refractivity contribution >= 4 is 5.69 Å². The molecule has 1 aromatic carbocycles. The molecule has 108 valence electrons. The van der Waals surface area contributed by atoms with Crippen molar-refractivity contribution in [1.29, 1.82) is 0 Å². The largest absolute Gasteiger partial charge is 0.392 e. The van der Waals surface area contributed by atoms with Crippen LogP contribution in [0.1, 0.15) is 39.7 Å². The summed E-state index contributed by atoms with van der Waals surface area (Å²) in [5.74, 6) is 0. The number of nitrogen functional groups attached to an aromatic ring is 1. The van der Waals surface area contributed by atoms with E-state index < -0.39 is 0 Å². The standard InChI is InChI=1S/C16H23N3O/c1-4-13(5-2)19-16(20)14(17)15(18(19)6-3)12-10-8-7-9-11-12/h7-11,13H,4-6,17H2,1-3H3. The molecule has 20 heavy (non-hydrogen) atoms. The summed E-state index contributed by atoms with van der Waals surface area (Å²) in [7, 11) is 0. The van der Waals surface area contributed by atoms with Crippen molar-refractivity contribution in [2.75, 3.05) is 5.73 Å². The van der Waals surface area contributed by atoms with Crippen molar-refractivity contribution in [1.82, 2.24) is 9.36 Å². The predicted molar refractivity (Wildman–Crippen MR) is 83.8 cm³/mol. The van der Waals surface area contributed by atoms with Gasteiger partial charge in [0, 0.05) is 12.1 Å². The molecule has 0 aliphatic heterocycles. The van der Waals surface area contributed by atoms with Crippen molar-refractivity contribution in [2.45, 2.75) is 46.2 Å². The summed E-state index contributed by atoms with van der Waals surface area (Å²) in [6.45, 7) is 6.98. The molecule has 0 aliphatic rings. The third-order valence-corrected chi connectivity index (χ3v) is 3.85. The first-order valence-electron chi connectivity index (χ1n) is 7.31. The Labute approximate surface area is 119 Å². The second-order valence-corrected chi connectivity index (χ2v) is 4.96. The molecular formula is C16H23N3O. The fraction of sp³-hybridized carbons (Fsp3) is 0.438. The van der Waals surface area contributed by atoms with Crippen molar-refractivity contribution in [3.8, 4) is 11.3 Å². The van der Waals surface area contributed by atoms with Gasteiger partial charge in [0.2, 0.25) is 0 Å². The molecule has 0 fully saturated rings. The zero-order valence-corrected chi connectivity index (χ0v) is 12.5. The monoisotopic (exact) mass is 273 g/mol. The van der Waals surface area contributed by atoms with Crippen molar-refractivity contribution < 1.29 is 0 Å². The number of hydrogen-bond donors (Lipinski definition) is 1. The van der Waals surface area contributed by atoms with Crippen LogP contribution in [-0.4, -0.2) is 9.36 Å². The highest BCUT2D eigenvalue weighted by atomic mass is 16.1. The lowest BCUT2D eigenvalue weighted by Crippen LogP contribution is -2.27. The first-order valence-corrected chi connectivity index (χ1v) is 7.31. The van der Waals surface area contributed by atoms with Gasteiger partial charge >= 0.3 is 0 Å². The zero-order valence-electron chi connectivity index (χ0n) is 12.5. The molecule has 0 spiro atoms. The topological polar surface area (TPSA) is 52.9 Å². The van der Waals surface area contributed by atoms with E-state index in [1.807, 2.05) is 46.6 Å². The fourth-order valence-corrected chi connectivity index (χ4v) is 2.79. The van der Waals surface area contributed by atoms with Crippen LogP contribution >= 0.6 is 0 Å². The predicted octanol–water partition coefficient (Wildman–Crippen LogP) is 3.28. The van der Waals surface area contributed by atoms with Crippen LogP contribution in [0.25, 0.3) is 11.3 Å². The van der Waals surface area contributed by atoms with Crippen LogP contribution in [0, 0.1) is 0 Å². The van der Waals surface area contributed by atoms with Gasteiger partial charge in [0.05, 0.1) is 11.7 Å². The van der Waals surface area contributed by atoms with Gasteiger partial charge in [-0.15, -0.1) is 0 Å². The highest BCUT2D eigenvalue weighted by molar-refractivity contribution is 5.72. The maximum absolute atomic E-state index is 12.5. The molecule has 0 atom stereocenters. The summed E-state index contributed by atoms with van der Waals surface area (Å²) in [6.07, 6.45) is 1.85. The van der Waals surface area contributed by atoms with Crippen molar-refractivity contribution in [3.05, 3.63) is 40.7 Å². The molecule has 0 saturated heterocycles. The number of hydrogen-bond acceptors (Lipinski definition) is 2.